The number of alkyl halides is 3. The molecule has 0 radical (unpaired) electrons. The summed E-state index contributed by atoms with van der Waals surface area (Å²) in [6.45, 7) is 3.76. The fraction of sp³-hybridized carbons (Fsp3) is 0.385. The summed E-state index contributed by atoms with van der Waals surface area (Å²) in [5.41, 5.74) is -0.987. The Morgan fingerprint density at radius 1 is 1.42 bits per heavy atom. The minimum atomic E-state index is -4.52. The third-order valence-electron chi connectivity index (χ3n) is 2.85. The Bertz CT molecular complexity index is 735. The van der Waals surface area contributed by atoms with E-state index >= 15 is 0 Å². The van der Waals surface area contributed by atoms with Crippen molar-refractivity contribution in [1.82, 2.24) is 20.2 Å². The lowest BCUT2D eigenvalue weighted by Gasteiger charge is -2.11. The van der Waals surface area contributed by atoms with Gasteiger partial charge in [-0.2, -0.15) is 13.2 Å². The molecule has 130 valence electrons. The Kier molecular flexibility index (Phi) is 5.70. The molecule has 0 unspecified atom stereocenters. The van der Waals surface area contributed by atoms with E-state index in [-0.39, 0.29) is 22.5 Å². The third-order valence-corrected chi connectivity index (χ3v) is 4.11. The van der Waals surface area contributed by atoms with Crippen LogP contribution in [0.4, 0.5) is 18.9 Å². The van der Waals surface area contributed by atoms with E-state index in [0.29, 0.717) is 5.16 Å². The second kappa shape index (κ2) is 7.39. The molecule has 0 aliphatic carbocycles. The van der Waals surface area contributed by atoms with Crippen molar-refractivity contribution >= 4 is 35.0 Å². The van der Waals surface area contributed by atoms with Crippen LogP contribution < -0.4 is 5.32 Å². The number of hydrogen-bond donors (Lipinski definition) is 1. The molecule has 0 aliphatic heterocycles. The number of nitrogens with zero attached hydrogens (tertiary/aromatic N) is 4. The summed E-state index contributed by atoms with van der Waals surface area (Å²) in [5, 5.41) is 13.9. The standard InChI is InChI=1S/C13H13ClF3N5OS/c1-7(2)22-12(19-20-21-22)24-6-11(23)18-10-5-8(13(15,16)17)3-4-9(10)14/h3-5,7H,6H2,1-2H3,(H,18,23). The molecule has 24 heavy (non-hydrogen) atoms. The second-order valence-electron chi connectivity index (χ2n) is 5.03. The lowest BCUT2D eigenvalue weighted by Crippen LogP contribution is -2.16. The molecule has 0 saturated heterocycles. The number of anilines is 1. The lowest BCUT2D eigenvalue weighted by molar-refractivity contribution is -0.137. The number of nitrogens with one attached hydrogen (secondary N) is 1. The maximum atomic E-state index is 12.7. The number of tetrazole rings is 1. The summed E-state index contributed by atoms with van der Waals surface area (Å²) < 4.78 is 39.7. The molecular weight excluding hydrogens is 367 g/mol. The zero-order chi connectivity index (χ0) is 17.9. The van der Waals surface area contributed by atoms with Gasteiger partial charge in [0.05, 0.1) is 28.1 Å². The molecule has 0 bridgehead atoms. The van der Waals surface area contributed by atoms with Crippen LogP contribution in [0.3, 0.4) is 0 Å². The quantitative estimate of drug-likeness (QED) is 0.803. The third kappa shape index (κ3) is 4.60. The van der Waals surface area contributed by atoms with Crippen LogP contribution in [0, 0.1) is 0 Å². The van der Waals surface area contributed by atoms with Gasteiger partial charge in [0.1, 0.15) is 0 Å². The SMILES string of the molecule is CC(C)n1nnnc1SCC(=O)Nc1cc(C(F)(F)F)ccc1Cl. The highest BCUT2D eigenvalue weighted by Gasteiger charge is 2.31. The Hall–Kier alpha value is -1.81. The number of thioether (sulfide) groups is 1. The van der Waals surface area contributed by atoms with Gasteiger partial charge in [-0.05, 0) is 42.5 Å². The molecule has 1 aromatic carbocycles. The summed E-state index contributed by atoms with van der Waals surface area (Å²) in [4.78, 5) is 12.0. The van der Waals surface area contributed by atoms with Crippen molar-refractivity contribution in [2.45, 2.75) is 31.2 Å². The van der Waals surface area contributed by atoms with Crippen LogP contribution in [0.2, 0.25) is 5.02 Å². The van der Waals surface area contributed by atoms with Gasteiger partial charge >= 0.3 is 6.18 Å². The lowest BCUT2D eigenvalue weighted by atomic mass is 10.2. The highest BCUT2D eigenvalue weighted by atomic mass is 35.5. The van der Waals surface area contributed by atoms with Crippen LogP contribution in [0.5, 0.6) is 0 Å². The molecule has 0 saturated carbocycles. The zero-order valence-electron chi connectivity index (χ0n) is 12.6. The predicted molar refractivity (Wildman–Crippen MR) is 84.0 cm³/mol. The minimum Gasteiger partial charge on any atom is -0.324 e. The topological polar surface area (TPSA) is 72.7 Å². The maximum absolute atomic E-state index is 12.7. The molecule has 0 atom stereocenters. The first-order chi connectivity index (χ1) is 11.2. The average Bonchev–Trinajstić information content (AvgIpc) is 2.95. The monoisotopic (exact) mass is 379 g/mol. The molecule has 0 aliphatic rings. The van der Waals surface area contributed by atoms with Gasteiger partial charge in [-0.15, -0.1) is 5.10 Å². The number of benzene rings is 1. The Labute approximate surface area is 144 Å². The van der Waals surface area contributed by atoms with Gasteiger partial charge in [-0.1, -0.05) is 23.4 Å². The van der Waals surface area contributed by atoms with Crippen molar-refractivity contribution < 1.29 is 18.0 Å². The van der Waals surface area contributed by atoms with Crippen LogP contribution in [-0.4, -0.2) is 31.9 Å². The summed E-state index contributed by atoms with van der Waals surface area (Å²) in [7, 11) is 0. The van der Waals surface area contributed by atoms with Crippen LogP contribution in [0.15, 0.2) is 23.4 Å². The van der Waals surface area contributed by atoms with Gasteiger partial charge in [0.15, 0.2) is 0 Å². The van der Waals surface area contributed by atoms with Crippen LogP contribution in [0.25, 0.3) is 0 Å². The summed E-state index contributed by atoms with van der Waals surface area (Å²) in [6, 6.07) is 2.75. The molecule has 0 spiro atoms. The Morgan fingerprint density at radius 3 is 2.75 bits per heavy atom. The molecule has 1 N–H and O–H groups in total. The van der Waals surface area contributed by atoms with Gasteiger partial charge in [0, 0.05) is 0 Å². The van der Waals surface area contributed by atoms with Gasteiger partial charge in [-0.25, -0.2) is 4.68 Å². The first-order valence-electron chi connectivity index (χ1n) is 6.75. The van der Waals surface area contributed by atoms with Crippen molar-refractivity contribution in [1.29, 1.82) is 0 Å². The first kappa shape index (κ1) is 18.5. The van der Waals surface area contributed by atoms with Crippen LogP contribution >= 0.6 is 23.4 Å². The fourth-order valence-corrected chi connectivity index (χ4v) is 2.69. The summed E-state index contributed by atoms with van der Waals surface area (Å²) >= 11 is 6.91. The highest BCUT2D eigenvalue weighted by Crippen LogP contribution is 2.33. The van der Waals surface area contributed by atoms with Gasteiger partial charge in [0.25, 0.3) is 0 Å². The molecular formula is C13H13ClF3N5OS. The second-order valence-corrected chi connectivity index (χ2v) is 6.38. The maximum Gasteiger partial charge on any atom is 0.416 e. The van der Waals surface area contributed by atoms with E-state index < -0.39 is 17.6 Å². The highest BCUT2D eigenvalue weighted by molar-refractivity contribution is 7.99. The van der Waals surface area contributed by atoms with Crippen LogP contribution in [0.1, 0.15) is 25.5 Å². The molecule has 2 aromatic rings. The van der Waals surface area contributed by atoms with E-state index in [9.17, 15) is 18.0 Å². The van der Waals surface area contributed by atoms with Gasteiger partial charge in [0.2, 0.25) is 11.1 Å². The van der Waals surface area contributed by atoms with Crippen LogP contribution in [-0.2, 0) is 11.0 Å². The number of carbonyl (C=O) groups excluding carboxylic acids is 1. The Morgan fingerprint density at radius 2 is 2.12 bits per heavy atom. The van der Waals surface area contributed by atoms with Crippen molar-refractivity contribution in [3.8, 4) is 0 Å². The van der Waals surface area contributed by atoms with E-state index in [0.717, 1.165) is 30.0 Å². The summed E-state index contributed by atoms with van der Waals surface area (Å²) in [5.74, 6) is -0.584. The largest absolute Gasteiger partial charge is 0.416 e. The van der Waals surface area contributed by atoms with Gasteiger partial charge in [-0.3, -0.25) is 4.79 Å². The predicted octanol–water partition coefficient (Wildman–Crippen LogP) is 3.66. The molecule has 1 aromatic heterocycles. The van der Waals surface area contributed by atoms with E-state index in [1.54, 1.807) is 0 Å². The number of rotatable bonds is 5. The average molecular weight is 380 g/mol. The number of carbonyl (C=O) groups is 1. The van der Waals surface area contributed by atoms with Crippen molar-refractivity contribution in [3.63, 3.8) is 0 Å². The normalized spacial score (nSPS) is 11.8. The fourth-order valence-electron chi connectivity index (χ4n) is 1.72. The molecule has 1 heterocycles. The number of hydrogen-bond acceptors (Lipinski definition) is 5. The van der Waals surface area contributed by atoms with E-state index in [2.05, 4.69) is 20.8 Å². The van der Waals surface area contributed by atoms with Crippen molar-refractivity contribution in [2.24, 2.45) is 0 Å². The van der Waals surface area contributed by atoms with Crippen molar-refractivity contribution in [3.05, 3.63) is 28.8 Å². The number of halogens is 4. The summed E-state index contributed by atoms with van der Waals surface area (Å²) in [6.07, 6.45) is -4.52. The number of aromatic nitrogens is 4. The van der Waals surface area contributed by atoms with E-state index in [4.69, 9.17) is 11.6 Å². The first-order valence-corrected chi connectivity index (χ1v) is 8.12. The number of amides is 1. The molecule has 11 heteroatoms. The smallest absolute Gasteiger partial charge is 0.324 e. The molecule has 1 amide bonds. The zero-order valence-corrected chi connectivity index (χ0v) is 14.2. The van der Waals surface area contributed by atoms with Crippen molar-refractivity contribution in [2.75, 3.05) is 11.1 Å². The molecule has 6 nitrogen and oxygen atoms in total. The van der Waals surface area contributed by atoms with E-state index in [1.165, 1.54) is 4.68 Å². The Balaban J connectivity index is 2.03. The molecule has 2 rings (SSSR count). The minimum absolute atomic E-state index is 0.0171. The van der Waals surface area contributed by atoms with Gasteiger partial charge < -0.3 is 5.32 Å². The van der Waals surface area contributed by atoms with E-state index in [1.807, 2.05) is 13.8 Å². The molecule has 0 fully saturated rings.